The number of aryl methyl sites for hydroxylation is 1. The lowest BCUT2D eigenvalue weighted by Gasteiger charge is -2.17. The van der Waals surface area contributed by atoms with Gasteiger partial charge >= 0.3 is 0 Å². The third-order valence-corrected chi connectivity index (χ3v) is 7.03. The maximum atomic E-state index is 12.6. The number of nitrogens with zero attached hydrogens (tertiary/aromatic N) is 1. The van der Waals surface area contributed by atoms with E-state index in [0.717, 1.165) is 35.0 Å². The average molecular weight is 449 g/mol. The number of rotatable bonds is 6. The van der Waals surface area contributed by atoms with Crippen molar-refractivity contribution in [1.82, 2.24) is 4.72 Å². The first-order chi connectivity index (χ1) is 12.9. The molecule has 5 nitrogen and oxygen atoms in total. The van der Waals surface area contributed by atoms with E-state index in [-0.39, 0.29) is 16.8 Å². The second kappa shape index (κ2) is 7.37. The number of anilines is 1. The third-order valence-electron chi connectivity index (χ3n) is 5.00. The fraction of sp³-hybridized carbons (Fsp3) is 0.350. The van der Waals surface area contributed by atoms with Crippen LogP contribution < -0.4 is 9.62 Å². The summed E-state index contributed by atoms with van der Waals surface area (Å²) in [5, 5.41) is 0. The highest BCUT2D eigenvalue weighted by atomic mass is 79.9. The molecular weight excluding hydrogens is 428 g/mol. The van der Waals surface area contributed by atoms with E-state index in [2.05, 4.69) is 26.7 Å². The van der Waals surface area contributed by atoms with Gasteiger partial charge in [0.15, 0.2) is 0 Å². The molecule has 0 atom stereocenters. The lowest BCUT2D eigenvalue weighted by molar-refractivity contribution is -0.118. The highest BCUT2D eigenvalue weighted by Crippen LogP contribution is 2.31. The minimum atomic E-state index is -3.42. The Balaban J connectivity index is 1.37. The third kappa shape index (κ3) is 4.25. The van der Waals surface area contributed by atoms with Gasteiger partial charge in [-0.1, -0.05) is 28.1 Å². The van der Waals surface area contributed by atoms with Crippen molar-refractivity contribution in [3.8, 4) is 0 Å². The van der Waals surface area contributed by atoms with Crippen LogP contribution in [-0.4, -0.2) is 26.9 Å². The first kappa shape index (κ1) is 18.7. The predicted molar refractivity (Wildman–Crippen MR) is 108 cm³/mol. The molecule has 0 saturated heterocycles. The van der Waals surface area contributed by atoms with Crippen molar-refractivity contribution < 1.29 is 13.2 Å². The molecule has 2 aliphatic rings. The Morgan fingerprint density at radius 1 is 1.15 bits per heavy atom. The lowest BCUT2D eigenvalue weighted by Crippen LogP contribution is -2.29. The molecule has 1 fully saturated rings. The molecule has 1 heterocycles. The molecule has 7 heteroatoms. The van der Waals surface area contributed by atoms with Crippen molar-refractivity contribution in [1.29, 1.82) is 0 Å². The van der Waals surface area contributed by atoms with E-state index in [1.165, 1.54) is 5.56 Å². The maximum Gasteiger partial charge on any atom is 0.240 e. The van der Waals surface area contributed by atoms with Crippen molar-refractivity contribution >= 4 is 37.5 Å². The Morgan fingerprint density at radius 3 is 2.59 bits per heavy atom. The Hall–Kier alpha value is -1.70. The van der Waals surface area contributed by atoms with E-state index >= 15 is 0 Å². The van der Waals surface area contributed by atoms with Crippen molar-refractivity contribution in [2.24, 2.45) is 0 Å². The molecule has 1 aliphatic heterocycles. The van der Waals surface area contributed by atoms with Crippen LogP contribution in [0.5, 0.6) is 0 Å². The molecule has 2 aromatic rings. The van der Waals surface area contributed by atoms with Gasteiger partial charge in [0.2, 0.25) is 15.9 Å². The number of sulfonamides is 1. The monoisotopic (exact) mass is 448 g/mol. The topological polar surface area (TPSA) is 66.5 Å². The highest BCUT2D eigenvalue weighted by molar-refractivity contribution is 9.10. The van der Waals surface area contributed by atoms with Gasteiger partial charge in [-0.2, -0.15) is 0 Å². The van der Waals surface area contributed by atoms with E-state index in [9.17, 15) is 13.2 Å². The van der Waals surface area contributed by atoms with Gasteiger partial charge in [0.1, 0.15) is 0 Å². The molecule has 0 bridgehead atoms. The van der Waals surface area contributed by atoms with Gasteiger partial charge in [0, 0.05) is 29.2 Å². The predicted octanol–water partition coefficient (Wildman–Crippen LogP) is 3.41. The first-order valence-electron chi connectivity index (χ1n) is 9.12. The maximum absolute atomic E-state index is 12.6. The van der Waals surface area contributed by atoms with E-state index in [1.54, 1.807) is 24.3 Å². The summed E-state index contributed by atoms with van der Waals surface area (Å²) in [5.41, 5.74) is 3.15. The second-order valence-corrected chi connectivity index (χ2v) is 9.74. The van der Waals surface area contributed by atoms with Crippen molar-refractivity contribution in [2.45, 2.75) is 43.0 Å². The summed E-state index contributed by atoms with van der Waals surface area (Å²) >= 11 is 3.47. The number of amides is 1. The van der Waals surface area contributed by atoms with E-state index < -0.39 is 10.0 Å². The van der Waals surface area contributed by atoms with Gasteiger partial charge in [0.05, 0.1) is 4.90 Å². The average Bonchev–Trinajstić information content (AvgIpc) is 3.35. The molecule has 0 unspecified atom stereocenters. The Kier molecular flexibility index (Phi) is 5.09. The molecule has 0 radical (unpaired) electrons. The highest BCUT2D eigenvalue weighted by Gasteiger charge is 2.28. The minimum absolute atomic E-state index is 0.0938. The molecule has 27 heavy (non-hydrogen) atoms. The molecule has 0 spiro atoms. The zero-order valence-electron chi connectivity index (χ0n) is 14.8. The lowest BCUT2D eigenvalue weighted by atomic mass is 10.1. The van der Waals surface area contributed by atoms with Crippen LogP contribution in [-0.2, 0) is 27.7 Å². The molecule has 142 valence electrons. The van der Waals surface area contributed by atoms with Crippen LogP contribution in [0.2, 0.25) is 0 Å². The summed E-state index contributed by atoms with van der Waals surface area (Å²) in [6.45, 7) is 0.717. The van der Waals surface area contributed by atoms with Gasteiger partial charge < -0.3 is 4.90 Å². The Bertz CT molecular complexity index is 969. The van der Waals surface area contributed by atoms with Crippen molar-refractivity contribution in [2.75, 3.05) is 11.4 Å². The molecule has 1 aliphatic carbocycles. The number of nitrogens with one attached hydrogen (secondary N) is 1. The number of carbonyl (C=O) groups is 1. The van der Waals surface area contributed by atoms with Gasteiger partial charge in [0.25, 0.3) is 0 Å². The summed E-state index contributed by atoms with van der Waals surface area (Å²) < 4.78 is 28.1. The summed E-state index contributed by atoms with van der Waals surface area (Å²) in [6.07, 6.45) is 3.70. The largest absolute Gasteiger partial charge is 0.312 e. The van der Waals surface area contributed by atoms with Gasteiger partial charge in [-0.05, 0) is 67.1 Å². The first-order valence-corrected chi connectivity index (χ1v) is 11.4. The zero-order valence-corrected chi connectivity index (χ0v) is 17.2. The van der Waals surface area contributed by atoms with Gasteiger partial charge in [-0.25, -0.2) is 13.1 Å². The fourth-order valence-corrected chi connectivity index (χ4v) is 5.05. The van der Waals surface area contributed by atoms with E-state index in [4.69, 9.17) is 0 Å². The van der Waals surface area contributed by atoms with Crippen LogP contribution in [0.15, 0.2) is 51.8 Å². The van der Waals surface area contributed by atoms with Crippen LogP contribution in [0.4, 0.5) is 5.69 Å². The number of carbonyl (C=O) groups excluding carboxylic acids is 1. The number of halogens is 1. The quantitative estimate of drug-likeness (QED) is 0.735. The van der Waals surface area contributed by atoms with Crippen molar-refractivity contribution in [3.05, 3.63) is 58.1 Å². The van der Waals surface area contributed by atoms with Crippen molar-refractivity contribution in [3.63, 3.8) is 0 Å². The van der Waals surface area contributed by atoms with Crippen LogP contribution >= 0.6 is 15.9 Å². The molecule has 0 aromatic heterocycles. The zero-order chi connectivity index (χ0) is 19.0. The molecule has 2 aromatic carbocycles. The van der Waals surface area contributed by atoms with Gasteiger partial charge in [-0.15, -0.1) is 0 Å². The van der Waals surface area contributed by atoms with Crippen LogP contribution in [0.3, 0.4) is 0 Å². The van der Waals surface area contributed by atoms with E-state index in [1.807, 2.05) is 17.0 Å². The molecule has 1 amide bonds. The van der Waals surface area contributed by atoms with E-state index in [0.29, 0.717) is 19.4 Å². The molecule has 1 N–H and O–H groups in total. The van der Waals surface area contributed by atoms with Crippen LogP contribution in [0.25, 0.3) is 0 Å². The van der Waals surface area contributed by atoms with Gasteiger partial charge in [-0.3, -0.25) is 4.79 Å². The molecule has 1 saturated carbocycles. The Labute approximate surface area is 167 Å². The summed E-state index contributed by atoms with van der Waals surface area (Å²) in [7, 11) is -3.42. The smallest absolute Gasteiger partial charge is 0.240 e. The summed E-state index contributed by atoms with van der Waals surface area (Å²) in [5.74, 6) is 0.100. The Morgan fingerprint density at radius 2 is 1.89 bits per heavy atom. The fourth-order valence-electron chi connectivity index (χ4n) is 3.34. The molecule has 4 rings (SSSR count). The summed E-state index contributed by atoms with van der Waals surface area (Å²) in [6, 6.07) is 12.9. The number of fused-ring (bicyclic) bond motifs is 1. The SMILES string of the molecule is O=C(CCc1ccc(S(=O)(=O)NC2CC2)cc1)N1CCc2cc(Br)ccc21. The van der Waals surface area contributed by atoms with Crippen LogP contribution in [0, 0.1) is 0 Å². The molecular formula is C20H21BrN2O3S. The number of benzene rings is 2. The number of hydrogen-bond acceptors (Lipinski definition) is 3. The minimum Gasteiger partial charge on any atom is -0.312 e. The number of hydrogen-bond donors (Lipinski definition) is 1. The second-order valence-electron chi connectivity index (χ2n) is 7.11. The normalized spacial score (nSPS) is 16.4. The standard InChI is InChI=1S/C20H21BrN2O3S/c21-16-4-9-19-15(13-16)11-12-23(19)20(24)10-3-14-1-7-18(8-2-14)27(25,26)22-17-5-6-17/h1-2,4,7-9,13,17,22H,3,5-6,10-12H2. The summed E-state index contributed by atoms with van der Waals surface area (Å²) in [4.78, 5) is 14.8. The van der Waals surface area contributed by atoms with Crippen LogP contribution in [0.1, 0.15) is 30.4 Å².